The van der Waals surface area contributed by atoms with Crippen molar-refractivity contribution < 1.29 is 4.74 Å². The molecule has 0 unspecified atom stereocenters. The Morgan fingerprint density at radius 1 is 1.25 bits per heavy atom. The van der Waals surface area contributed by atoms with Crippen LogP contribution in [0.5, 0.6) is 0 Å². The molecule has 0 heterocycles. The number of methoxy groups -OCH3 is 1. The van der Waals surface area contributed by atoms with Crippen molar-refractivity contribution in [3.8, 4) is 0 Å². The van der Waals surface area contributed by atoms with Crippen molar-refractivity contribution in [2.45, 2.75) is 46.3 Å². The minimum absolute atomic E-state index is 0.445. The Labute approximate surface area is 131 Å². The summed E-state index contributed by atoms with van der Waals surface area (Å²) < 4.78 is 6.35. The molecule has 0 atom stereocenters. The molecule has 0 aliphatic rings. The molecule has 114 valence electrons. The first-order chi connectivity index (χ1) is 9.45. The molecule has 0 aliphatic heterocycles. The second-order valence-electron chi connectivity index (χ2n) is 5.60. The van der Waals surface area contributed by atoms with Gasteiger partial charge >= 0.3 is 0 Å². The number of nitrogens with zero attached hydrogens (tertiary/aromatic N) is 1. The van der Waals surface area contributed by atoms with E-state index in [0.29, 0.717) is 12.1 Å². The minimum Gasteiger partial charge on any atom is -0.383 e. The molecule has 0 radical (unpaired) electrons. The van der Waals surface area contributed by atoms with Gasteiger partial charge in [-0.1, -0.05) is 19.9 Å². The third-order valence-electron chi connectivity index (χ3n) is 3.20. The van der Waals surface area contributed by atoms with Crippen LogP contribution in [0.1, 0.15) is 33.3 Å². The molecule has 0 amide bonds. The molecule has 4 heteroatoms. The van der Waals surface area contributed by atoms with E-state index < -0.39 is 0 Å². The van der Waals surface area contributed by atoms with E-state index >= 15 is 0 Å². The van der Waals surface area contributed by atoms with E-state index in [1.54, 1.807) is 7.11 Å². The highest BCUT2D eigenvalue weighted by Crippen LogP contribution is 2.28. The van der Waals surface area contributed by atoms with E-state index in [1.165, 1.54) is 11.3 Å². The van der Waals surface area contributed by atoms with Crippen molar-refractivity contribution in [2.75, 3.05) is 25.2 Å². The zero-order valence-corrected chi connectivity index (χ0v) is 14.8. The topological polar surface area (TPSA) is 24.5 Å². The molecule has 1 rings (SSSR count). The third kappa shape index (κ3) is 5.43. The number of benzene rings is 1. The van der Waals surface area contributed by atoms with Gasteiger partial charge in [0.1, 0.15) is 0 Å². The van der Waals surface area contributed by atoms with E-state index in [1.807, 2.05) is 0 Å². The Balaban J connectivity index is 2.83. The normalized spacial score (nSPS) is 11.4. The Hall–Kier alpha value is -0.580. The number of ether oxygens (including phenoxy) is 1. The Kier molecular flexibility index (Phi) is 7.56. The van der Waals surface area contributed by atoms with Gasteiger partial charge in [0.15, 0.2) is 0 Å². The zero-order valence-electron chi connectivity index (χ0n) is 13.2. The van der Waals surface area contributed by atoms with E-state index in [0.717, 1.165) is 24.2 Å². The monoisotopic (exact) mass is 342 g/mol. The van der Waals surface area contributed by atoms with Gasteiger partial charge in [-0.2, -0.15) is 0 Å². The molecule has 1 aromatic carbocycles. The number of nitrogens with one attached hydrogen (secondary N) is 1. The Morgan fingerprint density at radius 3 is 2.45 bits per heavy atom. The first-order valence-corrected chi connectivity index (χ1v) is 8.02. The lowest BCUT2D eigenvalue weighted by molar-refractivity contribution is 0.204. The molecule has 0 saturated heterocycles. The number of rotatable bonds is 8. The highest BCUT2D eigenvalue weighted by atomic mass is 79.9. The largest absolute Gasteiger partial charge is 0.383 e. The quantitative estimate of drug-likeness (QED) is 0.777. The fourth-order valence-electron chi connectivity index (χ4n) is 2.06. The molecular weight excluding hydrogens is 316 g/mol. The molecule has 1 aromatic rings. The average molecular weight is 343 g/mol. The van der Waals surface area contributed by atoms with Gasteiger partial charge in [-0.05, 0) is 47.5 Å². The molecule has 20 heavy (non-hydrogen) atoms. The maximum Gasteiger partial charge on any atom is 0.0637 e. The molecular formula is C16H27BrN2O. The second-order valence-corrected chi connectivity index (χ2v) is 6.46. The minimum atomic E-state index is 0.445. The van der Waals surface area contributed by atoms with Crippen molar-refractivity contribution in [1.82, 2.24) is 5.32 Å². The van der Waals surface area contributed by atoms with Crippen LogP contribution in [0.4, 0.5) is 5.69 Å². The summed E-state index contributed by atoms with van der Waals surface area (Å²) in [5, 5.41) is 3.44. The smallest absolute Gasteiger partial charge is 0.0637 e. The van der Waals surface area contributed by atoms with E-state index in [9.17, 15) is 0 Å². The standard InChI is InChI=1S/C16H27BrN2O/c1-12(2)18-11-14-6-7-16(15(17)10-14)19(13(3)4)8-9-20-5/h6-7,10,12-13,18H,8-9,11H2,1-5H3. The van der Waals surface area contributed by atoms with E-state index in [2.05, 4.69) is 72.0 Å². The van der Waals surface area contributed by atoms with Gasteiger partial charge in [-0.3, -0.25) is 0 Å². The summed E-state index contributed by atoms with van der Waals surface area (Å²) in [6, 6.07) is 7.53. The highest BCUT2D eigenvalue weighted by molar-refractivity contribution is 9.10. The molecule has 0 fully saturated rings. The van der Waals surface area contributed by atoms with Gasteiger partial charge in [-0.25, -0.2) is 0 Å². The van der Waals surface area contributed by atoms with Gasteiger partial charge < -0.3 is 15.0 Å². The van der Waals surface area contributed by atoms with Crippen molar-refractivity contribution in [3.63, 3.8) is 0 Å². The first kappa shape index (κ1) is 17.5. The second kappa shape index (κ2) is 8.65. The molecule has 0 spiro atoms. The van der Waals surface area contributed by atoms with Gasteiger partial charge in [-0.15, -0.1) is 0 Å². The summed E-state index contributed by atoms with van der Waals surface area (Å²) in [6.45, 7) is 11.3. The summed E-state index contributed by atoms with van der Waals surface area (Å²) >= 11 is 3.70. The van der Waals surface area contributed by atoms with Crippen LogP contribution in [0, 0.1) is 0 Å². The lowest BCUT2D eigenvalue weighted by Crippen LogP contribution is -2.34. The number of hydrogen-bond donors (Lipinski definition) is 1. The molecule has 1 N–H and O–H groups in total. The summed E-state index contributed by atoms with van der Waals surface area (Å²) in [5.41, 5.74) is 2.52. The van der Waals surface area contributed by atoms with Crippen LogP contribution in [0.3, 0.4) is 0 Å². The van der Waals surface area contributed by atoms with Crippen LogP contribution < -0.4 is 10.2 Å². The van der Waals surface area contributed by atoms with Crippen LogP contribution in [-0.4, -0.2) is 32.3 Å². The van der Waals surface area contributed by atoms with Crippen LogP contribution >= 0.6 is 15.9 Å². The lowest BCUT2D eigenvalue weighted by atomic mass is 10.1. The van der Waals surface area contributed by atoms with Crippen LogP contribution in [-0.2, 0) is 11.3 Å². The fraction of sp³-hybridized carbons (Fsp3) is 0.625. The van der Waals surface area contributed by atoms with Crippen molar-refractivity contribution >= 4 is 21.6 Å². The SMILES string of the molecule is COCCN(c1ccc(CNC(C)C)cc1Br)C(C)C. The van der Waals surface area contributed by atoms with Crippen LogP contribution in [0.15, 0.2) is 22.7 Å². The molecule has 0 bridgehead atoms. The van der Waals surface area contributed by atoms with Crippen molar-refractivity contribution in [1.29, 1.82) is 0 Å². The van der Waals surface area contributed by atoms with E-state index in [-0.39, 0.29) is 0 Å². The summed E-state index contributed by atoms with van der Waals surface area (Å²) in [6.07, 6.45) is 0. The van der Waals surface area contributed by atoms with Crippen molar-refractivity contribution in [3.05, 3.63) is 28.2 Å². The van der Waals surface area contributed by atoms with Crippen LogP contribution in [0.2, 0.25) is 0 Å². The van der Waals surface area contributed by atoms with Crippen LogP contribution in [0.25, 0.3) is 0 Å². The number of halogens is 1. The maximum absolute atomic E-state index is 5.21. The van der Waals surface area contributed by atoms with Gasteiger partial charge in [0.05, 0.1) is 12.3 Å². The number of anilines is 1. The molecule has 0 aromatic heterocycles. The molecule has 0 aliphatic carbocycles. The van der Waals surface area contributed by atoms with Gasteiger partial charge in [0, 0.05) is 36.8 Å². The summed E-state index contributed by atoms with van der Waals surface area (Å²) in [4.78, 5) is 2.35. The average Bonchev–Trinajstić information content (AvgIpc) is 2.38. The predicted molar refractivity (Wildman–Crippen MR) is 90.5 cm³/mol. The Bertz CT molecular complexity index is 407. The maximum atomic E-state index is 5.21. The van der Waals surface area contributed by atoms with Crippen molar-refractivity contribution in [2.24, 2.45) is 0 Å². The molecule has 3 nitrogen and oxygen atoms in total. The fourth-order valence-corrected chi connectivity index (χ4v) is 2.72. The zero-order chi connectivity index (χ0) is 15.1. The third-order valence-corrected chi connectivity index (χ3v) is 3.83. The predicted octanol–water partition coefficient (Wildman–Crippen LogP) is 3.81. The van der Waals surface area contributed by atoms with Gasteiger partial charge in [0.25, 0.3) is 0 Å². The van der Waals surface area contributed by atoms with E-state index in [4.69, 9.17) is 4.74 Å². The van der Waals surface area contributed by atoms with Gasteiger partial charge in [0.2, 0.25) is 0 Å². The molecule has 0 saturated carbocycles. The first-order valence-electron chi connectivity index (χ1n) is 7.23. The summed E-state index contributed by atoms with van der Waals surface area (Å²) in [5.74, 6) is 0. The lowest BCUT2D eigenvalue weighted by Gasteiger charge is -2.30. The number of hydrogen-bond acceptors (Lipinski definition) is 3. The highest BCUT2D eigenvalue weighted by Gasteiger charge is 2.13. The summed E-state index contributed by atoms with van der Waals surface area (Å²) in [7, 11) is 1.74. The Morgan fingerprint density at radius 2 is 1.95 bits per heavy atom.